The van der Waals surface area contributed by atoms with E-state index >= 15 is 0 Å². The Morgan fingerprint density at radius 3 is 2.40 bits per heavy atom. The summed E-state index contributed by atoms with van der Waals surface area (Å²) < 4.78 is 0. The smallest absolute Gasteiger partial charge is 0.408 e. The van der Waals surface area contributed by atoms with Crippen LogP contribution in [0.25, 0.3) is 0 Å². The Morgan fingerprint density at radius 1 is 1.53 bits per heavy atom. The summed E-state index contributed by atoms with van der Waals surface area (Å²) in [5, 5.41) is 9.20. The first-order valence-electron chi connectivity index (χ1n) is 5.50. The lowest BCUT2D eigenvalue weighted by atomic mass is 9.69. The quantitative estimate of drug-likeness (QED) is 0.649. The summed E-state index contributed by atoms with van der Waals surface area (Å²) in [5.41, 5.74) is 5.37. The van der Waals surface area contributed by atoms with E-state index in [1.807, 2.05) is 27.7 Å². The van der Waals surface area contributed by atoms with Gasteiger partial charge in [0.2, 0.25) is 0 Å². The number of hydrogen-bond donors (Lipinski definition) is 2. The minimum Gasteiger partial charge on any atom is -0.465 e. The van der Waals surface area contributed by atoms with E-state index in [0.29, 0.717) is 6.54 Å². The van der Waals surface area contributed by atoms with Gasteiger partial charge in [0.05, 0.1) is 0 Å². The summed E-state index contributed by atoms with van der Waals surface area (Å²) in [6.45, 7) is 8.61. The second-order valence-corrected chi connectivity index (χ2v) is 5.55. The summed E-state index contributed by atoms with van der Waals surface area (Å²) in [5.74, 6) is 0.197. The molecule has 1 aliphatic rings. The maximum absolute atomic E-state index is 11.2. The largest absolute Gasteiger partial charge is 0.465 e. The molecule has 4 nitrogen and oxygen atoms in total. The molecule has 1 saturated heterocycles. The summed E-state index contributed by atoms with van der Waals surface area (Å²) >= 11 is 0. The Kier molecular flexibility index (Phi) is 3.01. The normalized spacial score (nSPS) is 32.9. The second kappa shape index (κ2) is 3.67. The molecule has 1 amide bonds. The first-order chi connectivity index (χ1) is 6.71. The molecule has 1 aliphatic heterocycles. The standard InChI is InChI=1S/C11H22N2O2/c1-8-6-5-7-13(9(14)15)11(8,12)10(2,3)4/h8H,5-7,12H2,1-4H3,(H,14,15). The average Bonchev–Trinajstić information content (AvgIpc) is 2.07. The van der Waals surface area contributed by atoms with Crippen LogP contribution >= 0.6 is 0 Å². The molecule has 0 spiro atoms. The number of nitrogens with zero attached hydrogens (tertiary/aromatic N) is 1. The first-order valence-corrected chi connectivity index (χ1v) is 5.50. The Balaban J connectivity index is 3.11. The maximum atomic E-state index is 11.2. The van der Waals surface area contributed by atoms with E-state index in [0.717, 1.165) is 12.8 Å². The lowest BCUT2D eigenvalue weighted by Crippen LogP contribution is -2.70. The topological polar surface area (TPSA) is 66.6 Å². The van der Waals surface area contributed by atoms with Gasteiger partial charge in [-0.25, -0.2) is 4.79 Å². The summed E-state index contributed by atoms with van der Waals surface area (Å²) in [6, 6.07) is 0. The van der Waals surface area contributed by atoms with Gasteiger partial charge in [-0.3, -0.25) is 4.90 Å². The molecule has 1 fully saturated rings. The van der Waals surface area contributed by atoms with Crippen LogP contribution in [0, 0.1) is 11.3 Å². The number of piperidine rings is 1. The summed E-state index contributed by atoms with van der Waals surface area (Å²) in [4.78, 5) is 12.6. The first kappa shape index (κ1) is 12.3. The van der Waals surface area contributed by atoms with Crippen molar-refractivity contribution in [3.63, 3.8) is 0 Å². The highest BCUT2D eigenvalue weighted by Gasteiger charge is 2.51. The minimum absolute atomic E-state index is 0.197. The van der Waals surface area contributed by atoms with Gasteiger partial charge in [0, 0.05) is 6.54 Å². The fourth-order valence-electron chi connectivity index (χ4n) is 2.62. The highest BCUT2D eigenvalue weighted by molar-refractivity contribution is 5.66. The van der Waals surface area contributed by atoms with Gasteiger partial charge in [-0.05, 0) is 24.2 Å². The van der Waals surface area contributed by atoms with Crippen molar-refractivity contribution < 1.29 is 9.90 Å². The van der Waals surface area contributed by atoms with Crippen molar-refractivity contribution in [2.45, 2.75) is 46.2 Å². The zero-order valence-electron chi connectivity index (χ0n) is 10.1. The minimum atomic E-state index is -0.904. The van der Waals surface area contributed by atoms with Gasteiger partial charge in [-0.1, -0.05) is 27.7 Å². The predicted molar refractivity (Wildman–Crippen MR) is 59.5 cm³/mol. The van der Waals surface area contributed by atoms with Crippen LogP contribution in [0.4, 0.5) is 4.79 Å². The molecule has 0 bridgehead atoms. The second-order valence-electron chi connectivity index (χ2n) is 5.55. The van der Waals surface area contributed by atoms with Crippen LogP contribution in [0.15, 0.2) is 0 Å². The number of likely N-dealkylation sites (tertiary alicyclic amines) is 1. The van der Waals surface area contributed by atoms with Crippen molar-refractivity contribution >= 4 is 6.09 Å². The third-order valence-corrected chi connectivity index (χ3v) is 3.65. The van der Waals surface area contributed by atoms with Crippen LogP contribution in [0.2, 0.25) is 0 Å². The predicted octanol–water partition coefficient (Wildman–Crippen LogP) is 2.10. The molecule has 2 atom stereocenters. The Bertz CT molecular complexity index is 260. The van der Waals surface area contributed by atoms with Crippen LogP contribution in [0.3, 0.4) is 0 Å². The molecule has 3 N–H and O–H groups in total. The van der Waals surface area contributed by atoms with E-state index in [2.05, 4.69) is 0 Å². The number of hydrogen-bond acceptors (Lipinski definition) is 2. The maximum Gasteiger partial charge on any atom is 0.408 e. The highest BCUT2D eigenvalue weighted by atomic mass is 16.4. The number of nitrogens with two attached hydrogens (primary N) is 1. The fourth-order valence-corrected chi connectivity index (χ4v) is 2.62. The van der Waals surface area contributed by atoms with Crippen LogP contribution in [-0.2, 0) is 0 Å². The zero-order valence-corrected chi connectivity index (χ0v) is 10.1. The highest BCUT2D eigenvalue weighted by Crippen LogP contribution is 2.42. The monoisotopic (exact) mass is 214 g/mol. The number of carbonyl (C=O) groups is 1. The van der Waals surface area contributed by atoms with Crippen molar-refractivity contribution in [1.82, 2.24) is 4.90 Å². The molecule has 15 heavy (non-hydrogen) atoms. The molecule has 0 aromatic carbocycles. The molecular formula is C11H22N2O2. The average molecular weight is 214 g/mol. The van der Waals surface area contributed by atoms with E-state index in [4.69, 9.17) is 5.73 Å². The van der Waals surface area contributed by atoms with Gasteiger partial charge in [-0.15, -0.1) is 0 Å². The Morgan fingerprint density at radius 2 is 2.07 bits per heavy atom. The Labute approximate surface area is 91.4 Å². The van der Waals surface area contributed by atoms with E-state index in [1.54, 1.807) is 0 Å². The lowest BCUT2D eigenvalue weighted by molar-refractivity contribution is -0.0566. The van der Waals surface area contributed by atoms with Gasteiger partial charge in [0.15, 0.2) is 0 Å². The van der Waals surface area contributed by atoms with Gasteiger partial charge in [0.25, 0.3) is 0 Å². The molecule has 2 unspecified atom stereocenters. The molecule has 0 saturated carbocycles. The third-order valence-electron chi connectivity index (χ3n) is 3.65. The van der Waals surface area contributed by atoms with Crippen LogP contribution in [0.1, 0.15) is 40.5 Å². The zero-order chi connectivity index (χ0) is 11.9. The van der Waals surface area contributed by atoms with E-state index < -0.39 is 11.8 Å². The molecule has 1 rings (SSSR count). The molecule has 0 aromatic rings. The molecule has 1 heterocycles. The molecule has 4 heteroatoms. The van der Waals surface area contributed by atoms with Crippen LogP contribution in [0.5, 0.6) is 0 Å². The van der Waals surface area contributed by atoms with E-state index in [9.17, 15) is 9.90 Å². The van der Waals surface area contributed by atoms with Crippen LogP contribution in [-0.4, -0.2) is 28.3 Å². The van der Waals surface area contributed by atoms with Crippen molar-refractivity contribution in [2.75, 3.05) is 6.54 Å². The molecule has 88 valence electrons. The van der Waals surface area contributed by atoms with E-state index in [-0.39, 0.29) is 11.3 Å². The summed E-state index contributed by atoms with van der Waals surface area (Å²) in [7, 11) is 0. The molecule has 0 aromatic heterocycles. The van der Waals surface area contributed by atoms with Gasteiger partial charge in [-0.2, -0.15) is 0 Å². The third kappa shape index (κ3) is 1.83. The molecule has 0 aliphatic carbocycles. The van der Waals surface area contributed by atoms with Gasteiger partial charge < -0.3 is 10.8 Å². The fraction of sp³-hybridized carbons (Fsp3) is 0.909. The van der Waals surface area contributed by atoms with Crippen molar-refractivity contribution in [1.29, 1.82) is 0 Å². The van der Waals surface area contributed by atoms with Gasteiger partial charge >= 0.3 is 6.09 Å². The molecular weight excluding hydrogens is 192 g/mol. The van der Waals surface area contributed by atoms with Gasteiger partial charge in [0.1, 0.15) is 5.66 Å². The summed E-state index contributed by atoms with van der Waals surface area (Å²) in [6.07, 6.45) is 0.999. The van der Waals surface area contributed by atoms with Crippen molar-refractivity contribution in [3.05, 3.63) is 0 Å². The SMILES string of the molecule is CC1CCCN(C(=O)O)C1(N)C(C)(C)C. The lowest BCUT2D eigenvalue weighted by Gasteiger charge is -2.54. The number of rotatable bonds is 0. The Hall–Kier alpha value is -0.770. The van der Waals surface area contributed by atoms with E-state index in [1.165, 1.54) is 4.90 Å². The number of carboxylic acid groups (broad SMARTS) is 1. The van der Waals surface area contributed by atoms with Crippen molar-refractivity contribution in [3.8, 4) is 0 Å². The van der Waals surface area contributed by atoms with Crippen molar-refractivity contribution in [2.24, 2.45) is 17.1 Å². The number of amides is 1. The van der Waals surface area contributed by atoms with Crippen LogP contribution < -0.4 is 5.73 Å². The molecule has 0 radical (unpaired) electrons.